The molecule has 0 spiro atoms. The Balaban J connectivity index is 1.73. The van der Waals surface area contributed by atoms with E-state index in [-0.39, 0.29) is 0 Å². The maximum atomic E-state index is 6.09. The quantitative estimate of drug-likeness (QED) is 0.639. The number of allylic oxidation sites excluding steroid dienone is 2. The minimum Gasteiger partial charge on any atom is -0.327 e. The third-order valence-corrected chi connectivity index (χ3v) is 3.21. The predicted molar refractivity (Wildman–Crippen MR) is 51.8 cm³/mol. The van der Waals surface area contributed by atoms with Crippen LogP contribution in [0.4, 0.5) is 0 Å². The molecule has 2 N–H and O–H groups in total. The lowest BCUT2D eigenvalue weighted by Gasteiger charge is -2.21. The van der Waals surface area contributed by atoms with Crippen LogP contribution in [0.25, 0.3) is 0 Å². The highest BCUT2D eigenvalue weighted by Crippen LogP contribution is 2.35. The van der Waals surface area contributed by atoms with Crippen molar-refractivity contribution in [3.05, 3.63) is 12.2 Å². The van der Waals surface area contributed by atoms with Gasteiger partial charge >= 0.3 is 0 Å². The molecular weight excluding hydrogens is 146 g/mol. The van der Waals surface area contributed by atoms with Crippen LogP contribution in [0, 0.1) is 11.8 Å². The summed E-state index contributed by atoms with van der Waals surface area (Å²) in [7, 11) is 0. The third kappa shape index (κ3) is 2.10. The maximum Gasteiger partial charge on any atom is 0.00699 e. The fourth-order valence-electron chi connectivity index (χ4n) is 2.17. The van der Waals surface area contributed by atoms with Crippen LogP contribution in [0.5, 0.6) is 0 Å². The van der Waals surface area contributed by atoms with Crippen LogP contribution in [0.1, 0.15) is 38.5 Å². The highest BCUT2D eigenvalue weighted by atomic mass is 14.7. The molecule has 2 atom stereocenters. The second kappa shape index (κ2) is 3.61. The largest absolute Gasteiger partial charge is 0.327 e. The van der Waals surface area contributed by atoms with Gasteiger partial charge in [0.1, 0.15) is 0 Å². The molecule has 1 fully saturated rings. The lowest BCUT2D eigenvalue weighted by atomic mass is 9.87. The molecule has 68 valence electrons. The van der Waals surface area contributed by atoms with E-state index in [1.54, 1.807) is 0 Å². The summed E-state index contributed by atoms with van der Waals surface area (Å²) in [4.78, 5) is 0. The molecule has 2 rings (SSSR count). The van der Waals surface area contributed by atoms with Gasteiger partial charge in [-0.2, -0.15) is 0 Å². The van der Waals surface area contributed by atoms with Crippen LogP contribution >= 0.6 is 0 Å². The van der Waals surface area contributed by atoms with Crippen LogP contribution in [-0.2, 0) is 0 Å². The number of hydrogen-bond donors (Lipinski definition) is 1. The van der Waals surface area contributed by atoms with Crippen LogP contribution < -0.4 is 5.73 Å². The second-order valence-corrected chi connectivity index (χ2v) is 4.39. The van der Waals surface area contributed by atoms with Crippen molar-refractivity contribution in [3.8, 4) is 0 Å². The summed E-state index contributed by atoms with van der Waals surface area (Å²) in [6, 6.07) is 0.515. The first-order chi connectivity index (χ1) is 5.86. The molecule has 1 nitrogen and oxygen atoms in total. The molecule has 0 aromatic heterocycles. The molecule has 12 heavy (non-hydrogen) atoms. The van der Waals surface area contributed by atoms with Crippen molar-refractivity contribution in [2.75, 3.05) is 0 Å². The van der Waals surface area contributed by atoms with Crippen LogP contribution in [0.2, 0.25) is 0 Å². The maximum absolute atomic E-state index is 6.09. The Morgan fingerprint density at radius 3 is 2.67 bits per heavy atom. The minimum absolute atomic E-state index is 0.515. The summed E-state index contributed by atoms with van der Waals surface area (Å²) in [6.45, 7) is 0. The summed E-state index contributed by atoms with van der Waals surface area (Å²) < 4.78 is 0. The van der Waals surface area contributed by atoms with Gasteiger partial charge in [-0.25, -0.2) is 0 Å². The molecule has 1 heteroatoms. The molecule has 2 aliphatic rings. The smallest absolute Gasteiger partial charge is 0.00699 e. The Labute approximate surface area is 75.0 Å². The van der Waals surface area contributed by atoms with Crippen molar-refractivity contribution in [2.24, 2.45) is 17.6 Å². The van der Waals surface area contributed by atoms with Crippen LogP contribution in [-0.4, -0.2) is 6.04 Å². The fourth-order valence-corrected chi connectivity index (χ4v) is 2.17. The predicted octanol–water partition coefficient (Wildman–Crippen LogP) is 2.47. The van der Waals surface area contributed by atoms with Crippen molar-refractivity contribution in [1.29, 1.82) is 0 Å². The Hall–Kier alpha value is -0.300. The van der Waals surface area contributed by atoms with Crippen LogP contribution in [0.15, 0.2) is 12.2 Å². The average Bonchev–Trinajstić information content (AvgIpc) is 2.88. The number of hydrogen-bond acceptors (Lipinski definition) is 1. The molecule has 0 radical (unpaired) electrons. The van der Waals surface area contributed by atoms with Gasteiger partial charge in [-0.1, -0.05) is 12.2 Å². The lowest BCUT2D eigenvalue weighted by molar-refractivity contribution is 0.382. The van der Waals surface area contributed by atoms with E-state index in [0.29, 0.717) is 6.04 Å². The van der Waals surface area contributed by atoms with Crippen molar-refractivity contribution in [1.82, 2.24) is 0 Å². The zero-order valence-electron chi connectivity index (χ0n) is 7.71. The summed E-state index contributed by atoms with van der Waals surface area (Å²) >= 11 is 0. The summed E-state index contributed by atoms with van der Waals surface area (Å²) in [5, 5.41) is 0. The first-order valence-corrected chi connectivity index (χ1v) is 5.27. The summed E-state index contributed by atoms with van der Waals surface area (Å²) in [5.41, 5.74) is 6.09. The Kier molecular flexibility index (Phi) is 2.50. The molecule has 0 amide bonds. The van der Waals surface area contributed by atoms with E-state index in [0.717, 1.165) is 11.8 Å². The Morgan fingerprint density at radius 2 is 2.08 bits per heavy atom. The third-order valence-electron chi connectivity index (χ3n) is 3.21. The van der Waals surface area contributed by atoms with Gasteiger partial charge in [-0.3, -0.25) is 0 Å². The number of rotatable bonds is 3. The van der Waals surface area contributed by atoms with Gasteiger partial charge in [0.05, 0.1) is 0 Å². The Morgan fingerprint density at radius 1 is 1.25 bits per heavy atom. The standard InChI is InChI=1S/C11H19N/c12-11(10-6-7-10)8-9-4-2-1-3-5-9/h1-2,9-11H,3-8,12H2. The molecule has 0 aromatic rings. The SMILES string of the molecule is NC(CC1CC=CCC1)C1CC1. The first kappa shape index (κ1) is 8.31. The van der Waals surface area contributed by atoms with Gasteiger partial charge in [0.2, 0.25) is 0 Å². The Bertz CT molecular complexity index is 170. The van der Waals surface area contributed by atoms with Gasteiger partial charge in [-0.05, 0) is 50.4 Å². The molecule has 1 saturated carbocycles. The van der Waals surface area contributed by atoms with Gasteiger partial charge in [0, 0.05) is 6.04 Å². The molecular formula is C11H19N. The monoisotopic (exact) mass is 165 g/mol. The van der Waals surface area contributed by atoms with E-state index in [4.69, 9.17) is 5.73 Å². The van der Waals surface area contributed by atoms with Gasteiger partial charge < -0.3 is 5.73 Å². The lowest BCUT2D eigenvalue weighted by Crippen LogP contribution is -2.26. The first-order valence-electron chi connectivity index (χ1n) is 5.27. The van der Waals surface area contributed by atoms with Gasteiger partial charge in [0.25, 0.3) is 0 Å². The second-order valence-electron chi connectivity index (χ2n) is 4.39. The van der Waals surface area contributed by atoms with E-state index in [2.05, 4.69) is 12.2 Å². The van der Waals surface area contributed by atoms with Crippen LogP contribution in [0.3, 0.4) is 0 Å². The molecule has 2 aliphatic carbocycles. The highest BCUT2D eigenvalue weighted by Gasteiger charge is 2.29. The van der Waals surface area contributed by atoms with E-state index >= 15 is 0 Å². The molecule has 0 saturated heterocycles. The highest BCUT2D eigenvalue weighted by molar-refractivity contribution is 4.93. The molecule has 0 aromatic carbocycles. The average molecular weight is 165 g/mol. The zero-order chi connectivity index (χ0) is 8.39. The molecule has 0 aliphatic heterocycles. The number of nitrogens with two attached hydrogens (primary N) is 1. The molecule has 0 bridgehead atoms. The normalized spacial score (nSPS) is 31.9. The van der Waals surface area contributed by atoms with E-state index < -0.39 is 0 Å². The summed E-state index contributed by atoms with van der Waals surface area (Å²) in [6.07, 6.45) is 12.6. The van der Waals surface area contributed by atoms with Crippen molar-refractivity contribution in [3.63, 3.8) is 0 Å². The van der Waals surface area contributed by atoms with Crippen molar-refractivity contribution < 1.29 is 0 Å². The van der Waals surface area contributed by atoms with Crippen molar-refractivity contribution in [2.45, 2.75) is 44.6 Å². The summed E-state index contributed by atoms with van der Waals surface area (Å²) in [5.74, 6) is 1.78. The molecule has 2 unspecified atom stereocenters. The van der Waals surface area contributed by atoms with E-state index in [1.165, 1.54) is 38.5 Å². The fraction of sp³-hybridized carbons (Fsp3) is 0.818. The zero-order valence-corrected chi connectivity index (χ0v) is 7.71. The van der Waals surface area contributed by atoms with Gasteiger partial charge in [-0.15, -0.1) is 0 Å². The van der Waals surface area contributed by atoms with Crippen molar-refractivity contribution >= 4 is 0 Å². The minimum atomic E-state index is 0.515. The van der Waals surface area contributed by atoms with E-state index in [1.807, 2.05) is 0 Å². The van der Waals surface area contributed by atoms with Gasteiger partial charge in [0.15, 0.2) is 0 Å². The topological polar surface area (TPSA) is 26.0 Å². The van der Waals surface area contributed by atoms with E-state index in [9.17, 15) is 0 Å². The molecule has 0 heterocycles.